The van der Waals surface area contributed by atoms with Crippen molar-refractivity contribution in [2.45, 2.75) is 28.9 Å². The Balaban J connectivity index is 1.94. The van der Waals surface area contributed by atoms with Gasteiger partial charge in [0.1, 0.15) is 0 Å². The van der Waals surface area contributed by atoms with Crippen molar-refractivity contribution in [3.63, 3.8) is 0 Å². The predicted octanol–water partition coefficient (Wildman–Crippen LogP) is 3.89. The second-order valence-corrected chi connectivity index (χ2v) is 6.56. The average molecular weight is 270 g/mol. The van der Waals surface area contributed by atoms with E-state index in [2.05, 4.69) is 51.2 Å². The standard InChI is InChI=1S/C11H12BrNS/c12-8-2-3-10-9(6-8)13-7-11(14-10)4-1-5-11/h2-3,6,13H,1,4-5,7H2. The van der Waals surface area contributed by atoms with Gasteiger partial charge in [0, 0.05) is 26.3 Å². The fraction of sp³-hybridized carbons (Fsp3) is 0.455. The Morgan fingerprint density at radius 1 is 1.36 bits per heavy atom. The molecule has 0 saturated heterocycles. The van der Waals surface area contributed by atoms with Gasteiger partial charge in [-0.2, -0.15) is 0 Å². The Hall–Kier alpha value is -0.150. The molecule has 3 rings (SSSR count). The van der Waals surface area contributed by atoms with Crippen LogP contribution in [-0.4, -0.2) is 11.3 Å². The third-order valence-electron chi connectivity index (χ3n) is 3.13. The zero-order valence-corrected chi connectivity index (χ0v) is 10.2. The highest BCUT2D eigenvalue weighted by molar-refractivity contribution is 9.10. The lowest BCUT2D eigenvalue weighted by atomic mass is 9.84. The quantitative estimate of drug-likeness (QED) is 0.767. The summed E-state index contributed by atoms with van der Waals surface area (Å²) in [6, 6.07) is 6.52. The Morgan fingerprint density at radius 3 is 2.93 bits per heavy atom. The van der Waals surface area contributed by atoms with Crippen LogP contribution in [0.4, 0.5) is 5.69 Å². The van der Waals surface area contributed by atoms with Crippen LogP contribution in [0.2, 0.25) is 0 Å². The number of rotatable bonds is 0. The molecule has 1 saturated carbocycles. The molecule has 0 unspecified atom stereocenters. The highest BCUT2D eigenvalue weighted by atomic mass is 79.9. The summed E-state index contributed by atoms with van der Waals surface area (Å²) < 4.78 is 1.69. The van der Waals surface area contributed by atoms with Gasteiger partial charge in [-0.15, -0.1) is 11.8 Å². The Labute approximate surface area is 96.8 Å². The van der Waals surface area contributed by atoms with Crippen LogP contribution < -0.4 is 5.32 Å². The topological polar surface area (TPSA) is 12.0 Å². The molecule has 1 spiro atoms. The van der Waals surface area contributed by atoms with Gasteiger partial charge >= 0.3 is 0 Å². The zero-order valence-electron chi connectivity index (χ0n) is 7.85. The van der Waals surface area contributed by atoms with Crippen molar-refractivity contribution in [1.29, 1.82) is 0 Å². The van der Waals surface area contributed by atoms with Crippen molar-refractivity contribution in [1.82, 2.24) is 0 Å². The molecule has 1 aromatic carbocycles. The van der Waals surface area contributed by atoms with Gasteiger partial charge in [0.05, 0.1) is 0 Å². The normalized spacial score (nSPS) is 22.4. The minimum atomic E-state index is 0.529. The fourth-order valence-corrected chi connectivity index (χ4v) is 3.95. The molecule has 74 valence electrons. The highest BCUT2D eigenvalue weighted by Crippen LogP contribution is 2.52. The SMILES string of the molecule is Brc1ccc2c(c1)NCC1(CCC1)S2. The number of hydrogen-bond donors (Lipinski definition) is 1. The zero-order chi connectivity index (χ0) is 9.60. The second kappa shape index (κ2) is 3.17. The molecule has 1 aromatic rings. The summed E-state index contributed by atoms with van der Waals surface area (Å²) in [4.78, 5) is 1.42. The molecule has 0 bridgehead atoms. The molecular formula is C11H12BrNS. The molecule has 1 N–H and O–H groups in total. The van der Waals surface area contributed by atoms with Crippen molar-refractivity contribution in [3.8, 4) is 0 Å². The summed E-state index contributed by atoms with van der Waals surface area (Å²) in [5.74, 6) is 0. The first-order valence-electron chi connectivity index (χ1n) is 5.00. The predicted molar refractivity (Wildman–Crippen MR) is 65.1 cm³/mol. The van der Waals surface area contributed by atoms with E-state index in [1.165, 1.54) is 29.8 Å². The lowest BCUT2D eigenvalue weighted by molar-refractivity contribution is 0.376. The third-order valence-corrected chi connectivity index (χ3v) is 5.19. The molecule has 14 heavy (non-hydrogen) atoms. The van der Waals surface area contributed by atoms with Gasteiger partial charge in [0.25, 0.3) is 0 Å². The number of hydrogen-bond acceptors (Lipinski definition) is 2. The summed E-state index contributed by atoms with van der Waals surface area (Å²) in [7, 11) is 0. The summed E-state index contributed by atoms with van der Waals surface area (Å²) in [5.41, 5.74) is 1.29. The first kappa shape index (κ1) is 9.10. The number of anilines is 1. The third kappa shape index (κ3) is 1.38. The van der Waals surface area contributed by atoms with E-state index in [-0.39, 0.29) is 0 Å². The molecule has 1 nitrogen and oxygen atoms in total. The van der Waals surface area contributed by atoms with Crippen molar-refractivity contribution in [3.05, 3.63) is 22.7 Å². The molecule has 2 aliphatic rings. The van der Waals surface area contributed by atoms with Crippen LogP contribution in [-0.2, 0) is 0 Å². The highest BCUT2D eigenvalue weighted by Gasteiger charge is 2.40. The van der Waals surface area contributed by atoms with Crippen LogP contribution in [0, 0.1) is 0 Å². The Kier molecular flexibility index (Phi) is 2.06. The van der Waals surface area contributed by atoms with Crippen LogP contribution in [0.15, 0.2) is 27.6 Å². The minimum Gasteiger partial charge on any atom is -0.383 e. The molecule has 0 amide bonds. The van der Waals surface area contributed by atoms with E-state index in [9.17, 15) is 0 Å². The largest absolute Gasteiger partial charge is 0.383 e. The summed E-state index contributed by atoms with van der Waals surface area (Å²) in [6.07, 6.45) is 4.15. The van der Waals surface area contributed by atoms with Crippen molar-refractivity contribution in [2.24, 2.45) is 0 Å². The van der Waals surface area contributed by atoms with Crippen LogP contribution in [0.5, 0.6) is 0 Å². The molecule has 3 heteroatoms. The number of halogens is 1. The Morgan fingerprint density at radius 2 is 2.21 bits per heavy atom. The average Bonchev–Trinajstić information content (AvgIpc) is 2.15. The van der Waals surface area contributed by atoms with E-state index in [0.29, 0.717) is 4.75 Å². The van der Waals surface area contributed by atoms with Gasteiger partial charge in [0.2, 0.25) is 0 Å². The van der Waals surface area contributed by atoms with E-state index in [4.69, 9.17) is 0 Å². The monoisotopic (exact) mass is 269 g/mol. The maximum Gasteiger partial charge on any atom is 0.0490 e. The Bertz CT molecular complexity index is 374. The van der Waals surface area contributed by atoms with E-state index in [1.54, 1.807) is 0 Å². The van der Waals surface area contributed by atoms with Crippen molar-refractivity contribution in [2.75, 3.05) is 11.9 Å². The van der Waals surface area contributed by atoms with Gasteiger partial charge < -0.3 is 5.32 Å². The molecule has 1 heterocycles. The number of thioether (sulfide) groups is 1. The van der Waals surface area contributed by atoms with Crippen LogP contribution in [0.3, 0.4) is 0 Å². The fourth-order valence-electron chi connectivity index (χ4n) is 2.10. The number of fused-ring (bicyclic) bond motifs is 1. The molecule has 0 atom stereocenters. The second-order valence-electron chi connectivity index (χ2n) is 4.13. The van der Waals surface area contributed by atoms with E-state index in [0.717, 1.165) is 11.0 Å². The molecule has 1 aliphatic carbocycles. The lowest BCUT2D eigenvalue weighted by Gasteiger charge is -2.44. The molecule has 1 aliphatic heterocycles. The lowest BCUT2D eigenvalue weighted by Crippen LogP contribution is -2.42. The first-order chi connectivity index (χ1) is 6.77. The van der Waals surface area contributed by atoms with E-state index < -0.39 is 0 Å². The van der Waals surface area contributed by atoms with Gasteiger partial charge in [-0.1, -0.05) is 22.4 Å². The van der Waals surface area contributed by atoms with E-state index >= 15 is 0 Å². The first-order valence-corrected chi connectivity index (χ1v) is 6.61. The van der Waals surface area contributed by atoms with Gasteiger partial charge in [0.15, 0.2) is 0 Å². The van der Waals surface area contributed by atoms with E-state index in [1.807, 2.05) is 0 Å². The number of benzene rings is 1. The molecule has 1 fully saturated rings. The van der Waals surface area contributed by atoms with Crippen LogP contribution in [0.25, 0.3) is 0 Å². The minimum absolute atomic E-state index is 0.529. The summed E-state index contributed by atoms with van der Waals surface area (Å²) in [5, 5.41) is 3.55. The number of nitrogens with one attached hydrogen (secondary N) is 1. The summed E-state index contributed by atoms with van der Waals surface area (Å²) in [6.45, 7) is 1.14. The van der Waals surface area contributed by atoms with Gasteiger partial charge in [-0.25, -0.2) is 0 Å². The van der Waals surface area contributed by atoms with Crippen LogP contribution in [0.1, 0.15) is 19.3 Å². The van der Waals surface area contributed by atoms with Crippen molar-refractivity contribution >= 4 is 33.4 Å². The maximum absolute atomic E-state index is 3.55. The smallest absolute Gasteiger partial charge is 0.0490 e. The van der Waals surface area contributed by atoms with Gasteiger partial charge in [-0.05, 0) is 31.0 Å². The molecule has 0 aromatic heterocycles. The molecule has 0 radical (unpaired) electrons. The maximum atomic E-state index is 3.55. The van der Waals surface area contributed by atoms with Gasteiger partial charge in [-0.3, -0.25) is 0 Å². The molecular weight excluding hydrogens is 258 g/mol. The summed E-state index contributed by atoms with van der Waals surface area (Å²) >= 11 is 5.57. The van der Waals surface area contributed by atoms with Crippen LogP contribution >= 0.6 is 27.7 Å². The van der Waals surface area contributed by atoms with Crippen molar-refractivity contribution < 1.29 is 0 Å².